The number of benzene rings is 2. The van der Waals surface area contributed by atoms with Crippen molar-refractivity contribution in [3.8, 4) is 0 Å². The molecule has 1 amide bonds. The van der Waals surface area contributed by atoms with Gasteiger partial charge in [-0.1, -0.05) is 17.7 Å². The lowest BCUT2D eigenvalue weighted by molar-refractivity contribution is -0.115. The average Bonchev–Trinajstić information content (AvgIpc) is 2.46. The Labute approximate surface area is 142 Å². The summed E-state index contributed by atoms with van der Waals surface area (Å²) in [6.07, 6.45) is 0.287. The third-order valence-corrected chi connectivity index (χ3v) is 3.95. The van der Waals surface area contributed by atoms with Crippen LogP contribution in [0.1, 0.15) is 12.0 Å². The van der Waals surface area contributed by atoms with Gasteiger partial charge in [0.1, 0.15) is 5.82 Å². The zero-order chi connectivity index (χ0) is 16.1. The highest BCUT2D eigenvalue weighted by Gasteiger charge is 2.06. The number of aryl methyl sites for hydroxylation is 1. The Morgan fingerprint density at radius 2 is 2.05 bits per heavy atom. The van der Waals surface area contributed by atoms with Gasteiger partial charge in [-0.2, -0.15) is 0 Å². The number of carbonyl (C=O) groups is 1. The fourth-order valence-electron chi connectivity index (χ4n) is 1.86. The molecule has 3 nitrogen and oxygen atoms in total. The minimum absolute atomic E-state index is 0.0537. The van der Waals surface area contributed by atoms with E-state index >= 15 is 0 Å². The number of rotatable bonds is 5. The van der Waals surface area contributed by atoms with E-state index in [2.05, 4.69) is 26.6 Å². The van der Waals surface area contributed by atoms with Crippen LogP contribution in [0.15, 0.2) is 40.9 Å². The Morgan fingerprint density at radius 3 is 2.73 bits per heavy atom. The zero-order valence-corrected chi connectivity index (χ0v) is 14.3. The molecule has 2 rings (SSSR count). The second-order valence-corrected chi connectivity index (χ2v) is 6.10. The van der Waals surface area contributed by atoms with Gasteiger partial charge >= 0.3 is 0 Å². The van der Waals surface area contributed by atoms with Crippen LogP contribution in [-0.2, 0) is 4.79 Å². The Kier molecular flexibility index (Phi) is 5.80. The van der Waals surface area contributed by atoms with E-state index in [0.29, 0.717) is 12.2 Å². The van der Waals surface area contributed by atoms with Crippen LogP contribution in [0.2, 0.25) is 5.02 Å². The van der Waals surface area contributed by atoms with E-state index in [1.165, 1.54) is 12.1 Å². The first-order valence-corrected chi connectivity index (χ1v) is 7.88. The Balaban J connectivity index is 1.83. The van der Waals surface area contributed by atoms with Crippen LogP contribution >= 0.6 is 27.5 Å². The van der Waals surface area contributed by atoms with Gasteiger partial charge in [-0.05, 0) is 58.7 Å². The number of hydrogen-bond acceptors (Lipinski definition) is 2. The summed E-state index contributed by atoms with van der Waals surface area (Å²) < 4.78 is 13.9. The summed E-state index contributed by atoms with van der Waals surface area (Å²) in [5, 5.41) is 5.92. The molecule has 2 aromatic rings. The van der Waals surface area contributed by atoms with E-state index in [0.717, 1.165) is 15.7 Å². The molecule has 0 spiro atoms. The molecule has 0 heterocycles. The monoisotopic (exact) mass is 384 g/mol. The molecule has 0 aliphatic heterocycles. The van der Waals surface area contributed by atoms with Crippen molar-refractivity contribution in [3.63, 3.8) is 0 Å². The number of nitrogens with one attached hydrogen (secondary N) is 2. The quantitative estimate of drug-likeness (QED) is 0.761. The summed E-state index contributed by atoms with van der Waals surface area (Å²) in [7, 11) is 0. The molecule has 22 heavy (non-hydrogen) atoms. The molecule has 0 atom stereocenters. The van der Waals surface area contributed by atoms with Crippen LogP contribution < -0.4 is 10.6 Å². The van der Waals surface area contributed by atoms with Crippen LogP contribution in [0.4, 0.5) is 15.8 Å². The molecular weight excluding hydrogens is 371 g/mol. The number of halogens is 3. The van der Waals surface area contributed by atoms with E-state index in [-0.39, 0.29) is 17.4 Å². The van der Waals surface area contributed by atoms with Gasteiger partial charge in [-0.25, -0.2) is 4.39 Å². The van der Waals surface area contributed by atoms with E-state index in [1.54, 1.807) is 6.07 Å². The van der Waals surface area contributed by atoms with Crippen LogP contribution in [0.5, 0.6) is 0 Å². The third-order valence-electron chi connectivity index (χ3n) is 3.00. The number of amides is 1. The topological polar surface area (TPSA) is 41.1 Å². The van der Waals surface area contributed by atoms with Crippen molar-refractivity contribution >= 4 is 44.8 Å². The van der Waals surface area contributed by atoms with Gasteiger partial charge in [-0.3, -0.25) is 4.79 Å². The Morgan fingerprint density at radius 1 is 1.27 bits per heavy atom. The number of hydrogen-bond donors (Lipinski definition) is 2. The Bertz CT molecular complexity index is 694. The largest absolute Gasteiger partial charge is 0.384 e. The fraction of sp³-hybridized carbons (Fsp3) is 0.188. The van der Waals surface area contributed by atoms with Gasteiger partial charge in [0, 0.05) is 23.1 Å². The van der Waals surface area contributed by atoms with E-state index in [9.17, 15) is 9.18 Å². The second-order valence-electron chi connectivity index (χ2n) is 4.84. The maximum absolute atomic E-state index is 13.0. The maximum Gasteiger partial charge on any atom is 0.226 e. The van der Waals surface area contributed by atoms with Gasteiger partial charge < -0.3 is 10.6 Å². The number of carbonyl (C=O) groups excluding carboxylic acids is 1. The summed E-state index contributed by atoms with van der Waals surface area (Å²) in [6, 6.07) is 10.1. The molecule has 6 heteroatoms. The molecule has 0 fully saturated rings. The first-order valence-electron chi connectivity index (χ1n) is 6.70. The van der Waals surface area contributed by atoms with Crippen molar-refractivity contribution in [1.29, 1.82) is 0 Å². The molecule has 0 radical (unpaired) electrons. The minimum atomic E-state index is -0.464. The SMILES string of the molecule is Cc1ccc(NC(=O)CCNc2ccc(F)c(Cl)c2)c(Br)c1. The van der Waals surface area contributed by atoms with Gasteiger partial charge in [0.25, 0.3) is 0 Å². The van der Waals surface area contributed by atoms with E-state index in [4.69, 9.17) is 11.6 Å². The van der Waals surface area contributed by atoms with Crippen LogP contribution in [0, 0.1) is 12.7 Å². The molecule has 0 aliphatic rings. The van der Waals surface area contributed by atoms with Gasteiger partial charge in [0.2, 0.25) is 5.91 Å². The Hall–Kier alpha value is -1.59. The summed E-state index contributed by atoms with van der Waals surface area (Å²) >= 11 is 9.11. The molecule has 0 aliphatic carbocycles. The minimum Gasteiger partial charge on any atom is -0.384 e. The fourth-order valence-corrected chi connectivity index (χ4v) is 2.63. The predicted molar refractivity (Wildman–Crippen MR) is 92.0 cm³/mol. The molecule has 0 bridgehead atoms. The molecular formula is C16H15BrClFN2O. The first-order chi connectivity index (χ1) is 10.5. The van der Waals surface area contributed by atoms with Crippen LogP contribution in [0.3, 0.4) is 0 Å². The normalized spacial score (nSPS) is 10.4. The van der Waals surface area contributed by atoms with Gasteiger partial charge in [0.05, 0.1) is 10.7 Å². The molecule has 0 saturated carbocycles. The van der Waals surface area contributed by atoms with Crippen molar-refractivity contribution < 1.29 is 9.18 Å². The highest BCUT2D eigenvalue weighted by atomic mass is 79.9. The average molecular weight is 386 g/mol. The first kappa shape index (κ1) is 16.8. The van der Waals surface area contributed by atoms with Crippen LogP contribution in [0.25, 0.3) is 0 Å². The van der Waals surface area contributed by atoms with Crippen molar-refractivity contribution in [2.45, 2.75) is 13.3 Å². The van der Waals surface area contributed by atoms with Gasteiger partial charge in [0.15, 0.2) is 0 Å². The predicted octanol–water partition coefficient (Wildman–Crippen LogP) is 4.99. The standard InChI is InChI=1S/C16H15BrClFN2O/c1-10-2-5-15(12(17)8-10)21-16(22)6-7-20-11-3-4-14(19)13(18)9-11/h2-5,8-9,20H,6-7H2,1H3,(H,21,22). The van der Waals surface area contributed by atoms with E-state index in [1.807, 2.05) is 25.1 Å². The van der Waals surface area contributed by atoms with Gasteiger partial charge in [-0.15, -0.1) is 0 Å². The summed E-state index contributed by atoms with van der Waals surface area (Å²) in [6.45, 7) is 2.41. The number of anilines is 2. The smallest absolute Gasteiger partial charge is 0.226 e. The molecule has 2 aromatic carbocycles. The van der Waals surface area contributed by atoms with Crippen molar-refractivity contribution in [2.24, 2.45) is 0 Å². The van der Waals surface area contributed by atoms with Crippen LogP contribution in [-0.4, -0.2) is 12.5 Å². The molecule has 0 saturated heterocycles. The van der Waals surface area contributed by atoms with Crippen molar-refractivity contribution in [2.75, 3.05) is 17.2 Å². The highest BCUT2D eigenvalue weighted by molar-refractivity contribution is 9.10. The van der Waals surface area contributed by atoms with E-state index < -0.39 is 5.82 Å². The summed E-state index contributed by atoms with van der Waals surface area (Å²) in [4.78, 5) is 11.9. The van der Waals surface area contributed by atoms with Crippen molar-refractivity contribution in [1.82, 2.24) is 0 Å². The zero-order valence-electron chi connectivity index (χ0n) is 11.9. The molecule has 2 N–H and O–H groups in total. The molecule has 116 valence electrons. The lowest BCUT2D eigenvalue weighted by atomic mass is 10.2. The maximum atomic E-state index is 13.0. The second kappa shape index (κ2) is 7.61. The third kappa shape index (κ3) is 4.71. The summed E-state index contributed by atoms with van der Waals surface area (Å²) in [5.74, 6) is -0.570. The molecule has 0 unspecified atom stereocenters. The summed E-state index contributed by atoms with van der Waals surface area (Å²) in [5.41, 5.74) is 2.52. The lowest BCUT2D eigenvalue weighted by Crippen LogP contribution is -2.16. The highest BCUT2D eigenvalue weighted by Crippen LogP contribution is 2.23. The molecule has 0 aromatic heterocycles. The van der Waals surface area contributed by atoms with Crippen molar-refractivity contribution in [3.05, 3.63) is 57.3 Å². The lowest BCUT2D eigenvalue weighted by Gasteiger charge is -2.09.